The fraction of sp³-hybridized carbons (Fsp3) is 0.115. The Bertz CT molecular complexity index is 4230. The lowest BCUT2D eigenvalue weighted by Crippen LogP contribution is -2.14. The molecule has 0 aliphatic carbocycles. The maximum Gasteiger partial charge on any atom is 0.360 e. The number of halogens is 5. The van der Waals surface area contributed by atoms with Gasteiger partial charge in [-0.3, -0.25) is 19.7 Å². The van der Waals surface area contributed by atoms with E-state index in [0.717, 1.165) is 85.3 Å². The Balaban J connectivity index is 0.000000142. The molecule has 23 heteroatoms. The third-order valence-corrected chi connectivity index (χ3v) is 17.2. The highest BCUT2D eigenvalue weighted by Gasteiger charge is 2.23. The van der Waals surface area contributed by atoms with Crippen LogP contribution in [-0.4, -0.2) is 76.6 Å². The lowest BCUT2D eigenvalue weighted by Gasteiger charge is -2.05. The van der Waals surface area contributed by atoms with E-state index in [1.54, 1.807) is 32.4 Å². The maximum absolute atomic E-state index is 12.4. The van der Waals surface area contributed by atoms with E-state index >= 15 is 0 Å². The molecule has 0 aliphatic rings. The summed E-state index contributed by atoms with van der Waals surface area (Å²) in [6.45, 7) is 4.07. The normalized spacial score (nSPS) is 10.8. The van der Waals surface area contributed by atoms with Crippen molar-refractivity contribution in [2.45, 2.75) is 32.0 Å². The molecule has 15 nitrogen and oxygen atoms in total. The smallest absolute Gasteiger partial charge is 0.360 e. The molecule has 0 spiro atoms. The van der Waals surface area contributed by atoms with Crippen molar-refractivity contribution in [3.63, 3.8) is 0 Å². The molecule has 2 N–H and O–H groups in total. The number of amides is 1. The number of primary amides is 1. The van der Waals surface area contributed by atoms with Gasteiger partial charge in [0, 0.05) is 94.0 Å². The number of thiophene rings is 3. The van der Waals surface area contributed by atoms with Crippen LogP contribution in [0.5, 0.6) is 0 Å². The lowest BCUT2D eigenvalue weighted by atomic mass is 10.1. The van der Waals surface area contributed by atoms with Gasteiger partial charge in [0.25, 0.3) is 5.91 Å². The molecule has 0 unspecified atom stereocenters. The molecule has 84 heavy (non-hydrogen) atoms. The Hall–Kier alpha value is -7.72. The van der Waals surface area contributed by atoms with E-state index in [-0.39, 0.29) is 35.4 Å². The highest BCUT2D eigenvalue weighted by molar-refractivity contribution is 9.08. The molecule has 0 saturated carbocycles. The van der Waals surface area contributed by atoms with Gasteiger partial charge in [-0.2, -0.15) is 10.2 Å². The van der Waals surface area contributed by atoms with Gasteiger partial charge < -0.3 is 15.2 Å². The maximum atomic E-state index is 12.4. The van der Waals surface area contributed by atoms with Crippen LogP contribution in [0.4, 0.5) is 0 Å². The van der Waals surface area contributed by atoms with E-state index in [1.807, 2.05) is 146 Å². The Morgan fingerprint density at radius 3 is 1.18 bits per heavy atom. The number of nitrogens with two attached hydrogens (primary N) is 1. The third-order valence-electron chi connectivity index (χ3n) is 12.0. The lowest BCUT2D eigenvalue weighted by molar-refractivity contribution is 0.0511. The number of ether oxygens (including phenoxy) is 2. The number of carbonyl (C=O) groups excluding carboxylic acids is 3. The van der Waals surface area contributed by atoms with Crippen molar-refractivity contribution in [2.75, 3.05) is 13.2 Å². The van der Waals surface area contributed by atoms with Crippen molar-refractivity contribution in [1.82, 2.24) is 45.5 Å². The van der Waals surface area contributed by atoms with Gasteiger partial charge in [-0.05, 0) is 122 Å². The highest BCUT2D eigenvalue weighted by Crippen LogP contribution is 2.40. The number of alkyl halides is 1. The van der Waals surface area contributed by atoms with Crippen LogP contribution < -0.4 is 5.73 Å². The minimum atomic E-state index is -0.587. The summed E-state index contributed by atoms with van der Waals surface area (Å²) in [6.07, 6.45) is 6.34. The number of pyridine rings is 3. The summed E-state index contributed by atoms with van der Waals surface area (Å²) in [5, 5.41) is 30.1. The Kier molecular flexibility index (Phi) is 21.2. The minimum absolute atomic E-state index is 0.187. The van der Waals surface area contributed by atoms with E-state index < -0.39 is 17.8 Å². The van der Waals surface area contributed by atoms with Crippen molar-refractivity contribution >= 4 is 144 Å². The highest BCUT2D eigenvalue weighted by atomic mass is 79.9. The van der Waals surface area contributed by atoms with Crippen LogP contribution in [0.25, 0.3) is 61.6 Å². The number of carbonyl (C=O) groups is 3. The molecule has 12 aromatic rings. The number of fused-ring (bicyclic) bond motifs is 3. The number of nitrogens with zero attached hydrogens (tertiary/aromatic N) is 9. The van der Waals surface area contributed by atoms with Crippen molar-refractivity contribution in [3.05, 3.63) is 230 Å². The monoisotopic (exact) mass is 1310 g/mol. The molecule has 9 heterocycles. The molecule has 0 fully saturated rings. The van der Waals surface area contributed by atoms with Gasteiger partial charge >= 0.3 is 11.9 Å². The van der Waals surface area contributed by atoms with Gasteiger partial charge in [0.15, 0.2) is 22.2 Å². The molecular weight excluding hydrogens is 1270 g/mol. The number of rotatable bonds is 13. The van der Waals surface area contributed by atoms with Gasteiger partial charge in [0.2, 0.25) is 0 Å². The zero-order valence-corrected chi connectivity index (χ0v) is 51.4. The number of esters is 2. The molecule has 422 valence electrons. The standard InChI is InChI=1S/C21H16ClN3O2S.C19H13ClN4OS.C15H10Cl2N2O2S.C6H6BrN/c1-2-27-21(26)19-20-16(12-18(28-20)13-6-8-14(22)9-7-13)17(24-25-19)11-15-5-3-4-10-23-15;20-12-6-4-11(5-7-12)16-10-14-15(9-13-3-1-2-8-22-13)23-24-17(19(21)25)18(14)26-16;1-2-21-15(20)12-13-10(14(17)19-18-12)7-11(22-13)8-3-5-9(16)6-4-8;7-5-6-3-1-2-4-8-6/h3-10,12H,2,11H2,1H3;1-8,10H,9H2,(H2,21,25);3-7H,2H2,1H3;1-4H,5H2. The molecule has 0 atom stereocenters. The van der Waals surface area contributed by atoms with E-state index in [1.165, 1.54) is 34.0 Å². The van der Waals surface area contributed by atoms with Crippen molar-refractivity contribution in [3.8, 4) is 31.3 Å². The predicted molar refractivity (Wildman–Crippen MR) is 340 cm³/mol. The molecule has 0 radical (unpaired) electrons. The summed E-state index contributed by atoms with van der Waals surface area (Å²) in [6, 6.07) is 45.9. The summed E-state index contributed by atoms with van der Waals surface area (Å²) in [7, 11) is 0. The second-order valence-corrected chi connectivity index (χ2v) is 23.1. The molecule has 9 aromatic heterocycles. The van der Waals surface area contributed by atoms with Crippen LogP contribution >= 0.6 is 96.3 Å². The fourth-order valence-electron chi connectivity index (χ4n) is 8.08. The van der Waals surface area contributed by atoms with E-state index in [2.05, 4.69) is 61.5 Å². The predicted octanol–water partition coefficient (Wildman–Crippen LogP) is 16.1. The molecule has 0 aliphatic heterocycles. The van der Waals surface area contributed by atoms with Crippen LogP contribution in [0.1, 0.15) is 73.8 Å². The summed E-state index contributed by atoms with van der Waals surface area (Å²) >= 11 is 31.7. The van der Waals surface area contributed by atoms with Gasteiger partial charge in [-0.25, -0.2) is 9.59 Å². The first-order valence-electron chi connectivity index (χ1n) is 25.5. The van der Waals surface area contributed by atoms with E-state index in [0.29, 0.717) is 38.0 Å². The molecule has 0 bridgehead atoms. The van der Waals surface area contributed by atoms with Gasteiger partial charge in [0.1, 0.15) is 0 Å². The van der Waals surface area contributed by atoms with Crippen LogP contribution in [0.15, 0.2) is 164 Å². The Morgan fingerprint density at radius 2 is 0.821 bits per heavy atom. The van der Waals surface area contributed by atoms with E-state index in [9.17, 15) is 14.4 Å². The number of benzene rings is 3. The number of hydrogen-bond donors (Lipinski definition) is 1. The summed E-state index contributed by atoms with van der Waals surface area (Å²) < 4.78 is 12.3. The van der Waals surface area contributed by atoms with Gasteiger partial charge in [0.05, 0.1) is 44.4 Å². The topological polar surface area (TPSA) is 212 Å². The Labute approximate surface area is 522 Å². The third kappa shape index (κ3) is 15.3. The van der Waals surface area contributed by atoms with Gasteiger partial charge in [-0.1, -0.05) is 117 Å². The number of aromatic nitrogens is 9. The molecule has 3 aromatic carbocycles. The van der Waals surface area contributed by atoms with Crippen molar-refractivity contribution in [1.29, 1.82) is 0 Å². The first-order chi connectivity index (χ1) is 40.8. The molecule has 1 amide bonds. The number of hydrogen-bond acceptors (Lipinski definition) is 17. The summed E-state index contributed by atoms with van der Waals surface area (Å²) in [5.41, 5.74) is 13.5. The largest absolute Gasteiger partial charge is 0.461 e. The van der Waals surface area contributed by atoms with Crippen LogP contribution in [0.3, 0.4) is 0 Å². The zero-order chi connectivity index (χ0) is 59.1. The first-order valence-corrected chi connectivity index (χ1v) is 30.6. The average Bonchev–Trinajstić information content (AvgIpc) is 4.38. The zero-order valence-electron chi connectivity index (χ0n) is 44.4. The molecular formula is C61H45BrCl4N10O5S3. The Morgan fingerprint density at radius 1 is 0.464 bits per heavy atom. The molecule has 12 rings (SSSR count). The SMILES string of the molecule is BrCc1ccccn1.CCOC(=O)c1nnc(Cc2ccccn2)c2cc(-c3ccc(Cl)cc3)sc12.CCOC(=O)c1nnc(Cl)c2cc(-c3ccc(Cl)cc3)sc12.NC(=O)c1nnc(Cc2ccccn2)c2cc(-c3ccc(Cl)cc3)sc12. The van der Waals surface area contributed by atoms with Crippen molar-refractivity contribution < 1.29 is 23.9 Å². The first kappa shape index (κ1) is 60.9. The van der Waals surface area contributed by atoms with Crippen LogP contribution in [0.2, 0.25) is 20.2 Å². The summed E-state index contributed by atoms with van der Waals surface area (Å²) in [4.78, 5) is 51.8. The molecule has 0 saturated heterocycles. The second-order valence-electron chi connectivity index (χ2n) is 17.7. The quantitative estimate of drug-likeness (QED) is 0.0841. The minimum Gasteiger partial charge on any atom is -0.461 e. The summed E-state index contributed by atoms with van der Waals surface area (Å²) in [5.74, 6) is -1.55. The fourth-order valence-corrected chi connectivity index (χ4v) is 12.5. The van der Waals surface area contributed by atoms with Crippen molar-refractivity contribution in [2.24, 2.45) is 5.73 Å². The van der Waals surface area contributed by atoms with Crippen LogP contribution in [-0.2, 0) is 27.6 Å². The second kappa shape index (κ2) is 29.2. The van der Waals surface area contributed by atoms with Gasteiger partial charge in [-0.15, -0.1) is 54.4 Å². The van der Waals surface area contributed by atoms with Crippen LogP contribution in [0, 0.1) is 0 Å². The van der Waals surface area contributed by atoms with E-state index in [4.69, 9.17) is 61.6 Å². The average molecular weight is 1320 g/mol.